The molecule has 1 aromatic heterocycles. The molecule has 0 spiro atoms. The first kappa shape index (κ1) is 22.2. The predicted molar refractivity (Wildman–Crippen MR) is 142 cm³/mol. The lowest BCUT2D eigenvalue weighted by Crippen LogP contribution is -2.32. The van der Waals surface area contributed by atoms with Gasteiger partial charge in [0.1, 0.15) is 17.0 Å². The normalized spacial score (nSPS) is 11.3. The van der Waals surface area contributed by atoms with Crippen molar-refractivity contribution in [2.75, 3.05) is 11.9 Å². The van der Waals surface area contributed by atoms with Crippen LogP contribution in [0.4, 0.5) is 0 Å². The Bertz CT molecular complexity index is 1280. The minimum atomic E-state index is -0.573. The van der Waals surface area contributed by atoms with E-state index in [1.165, 1.54) is 0 Å². The van der Waals surface area contributed by atoms with Crippen molar-refractivity contribution in [3.05, 3.63) is 144 Å². The summed E-state index contributed by atoms with van der Waals surface area (Å²) in [4.78, 5) is 8.18. The quantitative estimate of drug-likeness (QED) is 0.177. The molecule has 5 rings (SSSR count). The summed E-state index contributed by atoms with van der Waals surface area (Å²) in [7, 11) is 0. The lowest BCUT2D eigenvalue weighted by Gasteiger charge is -2.34. The maximum atomic E-state index is 5.97. The van der Waals surface area contributed by atoms with E-state index in [1.54, 1.807) is 0 Å². The van der Waals surface area contributed by atoms with E-state index in [1.807, 2.05) is 42.7 Å². The summed E-state index contributed by atoms with van der Waals surface area (Å²) in [5.74, 6) is 1.77. The summed E-state index contributed by atoms with van der Waals surface area (Å²) in [5, 5.41) is 0.792. The second kappa shape index (κ2) is 10.1. The highest BCUT2D eigenvalue weighted by Crippen LogP contribution is 2.44. The zero-order valence-corrected chi connectivity index (χ0v) is 20.3. The summed E-state index contributed by atoms with van der Waals surface area (Å²) in [6.45, 7) is 0.624. The standard InChI is InChI=1S/C30H25BrN2O/c31-19-22-34-28-14-8-7-13-27(28)23-15-17-26(18-16-23)30(29-32-20-21-33-29,24-9-3-1-4-10-24)25-11-5-2-6-12-25/h1-18,20-21H,19,22H2,(H,32,33). The molecule has 168 valence electrons. The largest absolute Gasteiger partial charge is 0.492 e. The van der Waals surface area contributed by atoms with Crippen molar-refractivity contribution in [2.45, 2.75) is 5.41 Å². The molecule has 0 amide bonds. The molecule has 0 fully saturated rings. The van der Waals surface area contributed by atoms with Gasteiger partial charge in [-0.1, -0.05) is 119 Å². The number of aromatic nitrogens is 2. The topological polar surface area (TPSA) is 37.9 Å². The second-order valence-electron chi connectivity index (χ2n) is 8.03. The number of H-pyrrole nitrogens is 1. The Balaban J connectivity index is 1.69. The molecule has 4 heteroatoms. The summed E-state index contributed by atoms with van der Waals surface area (Å²) in [6, 6.07) is 38.1. The molecule has 5 aromatic rings. The first-order valence-corrected chi connectivity index (χ1v) is 12.5. The van der Waals surface area contributed by atoms with Crippen molar-refractivity contribution < 1.29 is 4.74 Å². The lowest BCUT2D eigenvalue weighted by molar-refractivity contribution is 0.346. The first-order valence-electron chi connectivity index (χ1n) is 11.3. The third kappa shape index (κ3) is 4.06. The van der Waals surface area contributed by atoms with Gasteiger partial charge in [0.05, 0.1) is 6.61 Å². The van der Waals surface area contributed by atoms with Gasteiger partial charge in [-0.25, -0.2) is 4.98 Å². The summed E-state index contributed by atoms with van der Waals surface area (Å²) < 4.78 is 5.97. The lowest BCUT2D eigenvalue weighted by atomic mass is 9.68. The Kier molecular flexibility index (Phi) is 6.59. The SMILES string of the molecule is BrCCOc1ccccc1-c1ccc(C(c2ccccc2)(c2ccccc2)c2ncc[nH]2)cc1. The minimum absolute atomic E-state index is 0.573. The van der Waals surface area contributed by atoms with Crippen LogP contribution in [0.3, 0.4) is 0 Å². The van der Waals surface area contributed by atoms with Crippen LogP contribution in [-0.4, -0.2) is 21.9 Å². The highest BCUT2D eigenvalue weighted by Gasteiger charge is 2.40. The molecule has 0 unspecified atom stereocenters. The highest BCUT2D eigenvalue weighted by atomic mass is 79.9. The number of ether oxygens (including phenoxy) is 1. The summed E-state index contributed by atoms with van der Waals surface area (Å²) in [5.41, 5.74) is 5.08. The molecule has 0 radical (unpaired) electrons. The molecule has 1 heterocycles. The van der Waals surface area contributed by atoms with Crippen LogP contribution in [0.5, 0.6) is 5.75 Å². The van der Waals surface area contributed by atoms with Gasteiger partial charge in [0.25, 0.3) is 0 Å². The Morgan fingerprint density at radius 3 is 1.88 bits per heavy atom. The Labute approximate surface area is 208 Å². The molecule has 0 aliphatic heterocycles. The van der Waals surface area contributed by atoms with Crippen LogP contribution in [-0.2, 0) is 5.41 Å². The molecule has 0 saturated carbocycles. The number of nitrogens with one attached hydrogen (secondary N) is 1. The monoisotopic (exact) mass is 508 g/mol. The fourth-order valence-electron chi connectivity index (χ4n) is 4.64. The van der Waals surface area contributed by atoms with Gasteiger partial charge in [-0.2, -0.15) is 0 Å². The molecule has 0 aliphatic rings. The van der Waals surface area contributed by atoms with Crippen molar-refractivity contribution in [2.24, 2.45) is 0 Å². The Morgan fingerprint density at radius 1 is 0.706 bits per heavy atom. The van der Waals surface area contributed by atoms with Crippen molar-refractivity contribution in [3.63, 3.8) is 0 Å². The molecular weight excluding hydrogens is 484 g/mol. The number of rotatable bonds is 8. The van der Waals surface area contributed by atoms with E-state index in [2.05, 4.69) is 99.8 Å². The number of hydrogen-bond acceptors (Lipinski definition) is 2. The predicted octanol–water partition coefficient (Wildman–Crippen LogP) is 7.23. The van der Waals surface area contributed by atoms with E-state index in [0.29, 0.717) is 6.61 Å². The maximum absolute atomic E-state index is 5.97. The molecule has 34 heavy (non-hydrogen) atoms. The van der Waals surface area contributed by atoms with E-state index in [-0.39, 0.29) is 0 Å². The molecule has 0 bridgehead atoms. The van der Waals surface area contributed by atoms with Crippen molar-refractivity contribution >= 4 is 15.9 Å². The number of halogens is 1. The number of alkyl halides is 1. The molecule has 1 N–H and O–H groups in total. The summed E-state index contributed by atoms with van der Waals surface area (Å²) in [6.07, 6.45) is 3.71. The molecule has 3 nitrogen and oxygen atoms in total. The average Bonchev–Trinajstić information content (AvgIpc) is 3.45. The van der Waals surface area contributed by atoms with Crippen LogP contribution in [0.2, 0.25) is 0 Å². The van der Waals surface area contributed by atoms with E-state index in [9.17, 15) is 0 Å². The van der Waals surface area contributed by atoms with Crippen molar-refractivity contribution in [1.29, 1.82) is 0 Å². The zero-order valence-electron chi connectivity index (χ0n) is 18.7. The molecular formula is C30H25BrN2O. The number of para-hydroxylation sites is 1. The minimum Gasteiger partial charge on any atom is -0.492 e. The van der Waals surface area contributed by atoms with E-state index >= 15 is 0 Å². The molecule has 0 saturated heterocycles. The van der Waals surface area contributed by atoms with Crippen LogP contribution >= 0.6 is 15.9 Å². The number of hydrogen-bond donors (Lipinski definition) is 1. The Hall–Kier alpha value is -3.63. The van der Waals surface area contributed by atoms with Crippen LogP contribution in [0, 0.1) is 0 Å². The highest BCUT2D eigenvalue weighted by molar-refractivity contribution is 9.09. The number of nitrogens with zero attached hydrogens (tertiary/aromatic N) is 1. The molecule has 0 aliphatic carbocycles. The number of benzene rings is 4. The van der Waals surface area contributed by atoms with Gasteiger partial charge < -0.3 is 9.72 Å². The van der Waals surface area contributed by atoms with Crippen LogP contribution in [0.25, 0.3) is 11.1 Å². The number of imidazole rings is 1. The molecule has 4 aromatic carbocycles. The van der Waals surface area contributed by atoms with Gasteiger partial charge in [-0.15, -0.1) is 0 Å². The smallest absolute Gasteiger partial charge is 0.127 e. The van der Waals surface area contributed by atoms with E-state index < -0.39 is 5.41 Å². The third-order valence-corrected chi connectivity index (χ3v) is 6.44. The summed E-state index contributed by atoms with van der Waals surface area (Å²) >= 11 is 3.45. The second-order valence-corrected chi connectivity index (χ2v) is 8.82. The fourth-order valence-corrected chi connectivity index (χ4v) is 4.80. The van der Waals surface area contributed by atoms with Crippen LogP contribution < -0.4 is 4.74 Å². The van der Waals surface area contributed by atoms with Crippen molar-refractivity contribution in [1.82, 2.24) is 9.97 Å². The van der Waals surface area contributed by atoms with Gasteiger partial charge >= 0.3 is 0 Å². The van der Waals surface area contributed by atoms with Crippen LogP contribution in [0.15, 0.2) is 122 Å². The molecule has 0 atom stereocenters. The van der Waals surface area contributed by atoms with Gasteiger partial charge in [0.15, 0.2) is 0 Å². The third-order valence-electron chi connectivity index (χ3n) is 6.12. The van der Waals surface area contributed by atoms with Crippen LogP contribution in [0.1, 0.15) is 22.5 Å². The number of aromatic amines is 1. The van der Waals surface area contributed by atoms with Crippen molar-refractivity contribution in [3.8, 4) is 16.9 Å². The fraction of sp³-hybridized carbons (Fsp3) is 0.100. The van der Waals surface area contributed by atoms with Gasteiger partial charge in [-0.3, -0.25) is 0 Å². The first-order chi connectivity index (χ1) is 16.8. The maximum Gasteiger partial charge on any atom is 0.127 e. The Morgan fingerprint density at radius 2 is 1.29 bits per heavy atom. The average molecular weight is 509 g/mol. The van der Waals surface area contributed by atoms with Gasteiger partial charge in [0.2, 0.25) is 0 Å². The van der Waals surface area contributed by atoms with E-state index in [0.717, 1.165) is 44.7 Å². The zero-order chi connectivity index (χ0) is 23.2. The van der Waals surface area contributed by atoms with E-state index in [4.69, 9.17) is 9.72 Å². The van der Waals surface area contributed by atoms with Gasteiger partial charge in [0, 0.05) is 23.3 Å². The van der Waals surface area contributed by atoms with Gasteiger partial charge in [-0.05, 0) is 28.3 Å².